The fourth-order valence-corrected chi connectivity index (χ4v) is 3.52. The van der Waals surface area contributed by atoms with Gasteiger partial charge in [0.15, 0.2) is 0 Å². The first-order valence-electron chi connectivity index (χ1n) is 11.8. The van der Waals surface area contributed by atoms with Crippen molar-refractivity contribution in [3.05, 3.63) is 0 Å². The van der Waals surface area contributed by atoms with E-state index in [0.29, 0.717) is 38.8 Å². The lowest BCUT2D eigenvalue weighted by Crippen LogP contribution is -2.40. The van der Waals surface area contributed by atoms with Crippen LogP contribution in [0.3, 0.4) is 0 Å². The molecule has 0 aromatic carbocycles. The third-order valence-corrected chi connectivity index (χ3v) is 5.25. The van der Waals surface area contributed by atoms with Crippen LogP contribution in [0.4, 0.5) is 9.59 Å². The van der Waals surface area contributed by atoms with Gasteiger partial charge in [-0.15, -0.1) is 0 Å². The lowest BCUT2D eigenvalue weighted by atomic mass is 10.0. The average molecular weight is 481 g/mol. The normalized spacial score (nSPS) is 25.9. The Kier molecular flexibility index (Phi) is 11.1. The topological polar surface area (TPSA) is 147 Å². The van der Waals surface area contributed by atoms with Crippen LogP contribution in [0.25, 0.3) is 0 Å². The van der Waals surface area contributed by atoms with Crippen LogP contribution in [0.2, 0.25) is 0 Å². The summed E-state index contributed by atoms with van der Waals surface area (Å²) in [6.07, 6.45) is 0.380. The molecule has 2 amide bonds. The minimum absolute atomic E-state index is 0.243. The lowest BCUT2D eigenvalue weighted by Gasteiger charge is -2.27. The maximum Gasteiger partial charge on any atom is 0.410 e. The Bertz CT molecular complexity index is 697. The van der Waals surface area contributed by atoms with E-state index in [0.717, 1.165) is 0 Å². The summed E-state index contributed by atoms with van der Waals surface area (Å²) in [5.74, 6) is -1.05. The molecule has 2 rings (SSSR count). The van der Waals surface area contributed by atoms with Gasteiger partial charge >= 0.3 is 12.2 Å². The van der Waals surface area contributed by atoms with Crippen molar-refractivity contribution in [3.8, 4) is 12.1 Å². The largest absolute Gasteiger partial charge is 0.444 e. The van der Waals surface area contributed by atoms with E-state index in [1.165, 1.54) is 9.80 Å². The fraction of sp³-hybridized carbons (Fsp3) is 0.833. The van der Waals surface area contributed by atoms with Gasteiger partial charge in [-0.2, -0.15) is 10.5 Å². The Hall–Kier alpha value is -2.56. The van der Waals surface area contributed by atoms with Gasteiger partial charge in [-0.25, -0.2) is 9.59 Å². The van der Waals surface area contributed by atoms with Crippen molar-refractivity contribution in [2.24, 2.45) is 11.8 Å². The summed E-state index contributed by atoms with van der Waals surface area (Å²) in [4.78, 5) is 26.7. The molecule has 10 nitrogen and oxygen atoms in total. The summed E-state index contributed by atoms with van der Waals surface area (Å²) >= 11 is 0. The minimum atomic E-state index is -0.646. The number of rotatable bonds is 0. The predicted octanol–water partition coefficient (Wildman–Crippen LogP) is 3.04. The number of nitrogens with zero attached hydrogens (tertiary/aromatic N) is 4. The zero-order valence-corrected chi connectivity index (χ0v) is 21.3. The van der Waals surface area contributed by atoms with Crippen molar-refractivity contribution in [1.82, 2.24) is 9.80 Å². The molecule has 4 atom stereocenters. The molecular weight excluding hydrogens is 440 g/mol. The van der Waals surface area contributed by atoms with E-state index in [4.69, 9.17) is 20.0 Å². The molecule has 0 radical (unpaired) electrons. The molecule has 2 N–H and O–H groups in total. The predicted molar refractivity (Wildman–Crippen MR) is 124 cm³/mol. The third kappa shape index (κ3) is 10.6. The molecule has 192 valence electrons. The van der Waals surface area contributed by atoms with E-state index in [9.17, 15) is 19.8 Å². The smallest absolute Gasteiger partial charge is 0.410 e. The van der Waals surface area contributed by atoms with E-state index in [1.54, 1.807) is 41.5 Å². The number of ether oxygens (including phenoxy) is 2. The molecule has 0 aromatic rings. The number of carbonyl (C=O) groups excluding carboxylic acids is 2. The first kappa shape index (κ1) is 29.5. The van der Waals surface area contributed by atoms with Crippen LogP contribution in [-0.2, 0) is 9.47 Å². The fourth-order valence-electron chi connectivity index (χ4n) is 3.52. The van der Waals surface area contributed by atoms with Crippen molar-refractivity contribution in [2.45, 2.75) is 90.6 Å². The summed E-state index contributed by atoms with van der Waals surface area (Å²) in [6.45, 7) is 12.4. The van der Waals surface area contributed by atoms with Crippen molar-refractivity contribution in [1.29, 1.82) is 10.5 Å². The molecule has 2 saturated heterocycles. The van der Waals surface area contributed by atoms with Gasteiger partial charge in [-0.05, 0) is 67.2 Å². The number of hydrogen-bond donors (Lipinski definition) is 2. The molecule has 0 aliphatic carbocycles. The Labute approximate surface area is 203 Å². The number of aliphatic hydroxyl groups excluding tert-OH is 2. The van der Waals surface area contributed by atoms with Crippen molar-refractivity contribution < 1.29 is 29.3 Å². The molecule has 10 heteroatoms. The molecular formula is C24H40N4O6. The summed E-state index contributed by atoms with van der Waals surface area (Å²) in [6, 6.07) is 4.08. The second-order valence-corrected chi connectivity index (χ2v) is 10.7. The van der Waals surface area contributed by atoms with Gasteiger partial charge in [0.25, 0.3) is 0 Å². The SMILES string of the molecule is CC(C)(C)OC(=O)N1CCC[C@@H](O)[C@@H](C#N)C1.CC(C)(C)OC(=O)N1CCC[C@H](O)[C@H](C#N)C1. The molecule has 0 saturated carbocycles. The van der Waals surface area contributed by atoms with Crippen molar-refractivity contribution >= 4 is 12.2 Å². The number of amides is 2. The summed E-state index contributed by atoms with van der Waals surface area (Å²) < 4.78 is 10.5. The van der Waals surface area contributed by atoms with Crippen LogP contribution in [0.1, 0.15) is 67.2 Å². The van der Waals surface area contributed by atoms with Gasteiger partial charge in [-0.1, -0.05) is 0 Å². The monoisotopic (exact) mass is 480 g/mol. The summed E-state index contributed by atoms with van der Waals surface area (Å²) in [7, 11) is 0. The summed E-state index contributed by atoms with van der Waals surface area (Å²) in [5.41, 5.74) is -1.08. The van der Waals surface area contributed by atoms with E-state index in [2.05, 4.69) is 0 Å². The van der Waals surface area contributed by atoms with Crippen LogP contribution in [0.15, 0.2) is 0 Å². The van der Waals surface area contributed by atoms with Gasteiger partial charge in [0.2, 0.25) is 0 Å². The Balaban J connectivity index is 0.000000340. The maximum absolute atomic E-state index is 11.8. The molecule has 2 fully saturated rings. The van der Waals surface area contributed by atoms with Crippen molar-refractivity contribution in [3.63, 3.8) is 0 Å². The van der Waals surface area contributed by atoms with Gasteiger partial charge in [0, 0.05) is 26.2 Å². The minimum Gasteiger partial charge on any atom is -0.444 e. The highest BCUT2D eigenvalue weighted by Gasteiger charge is 2.31. The van der Waals surface area contributed by atoms with Gasteiger partial charge < -0.3 is 29.5 Å². The molecule has 0 bridgehead atoms. The highest BCUT2D eigenvalue weighted by molar-refractivity contribution is 5.68. The van der Waals surface area contributed by atoms with Crippen LogP contribution in [-0.4, -0.2) is 81.8 Å². The van der Waals surface area contributed by atoms with Crippen LogP contribution in [0, 0.1) is 34.5 Å². The van der Waals surface area contributed by atoms with Gasteiger partial charge in [0.1, 0.15) is 11.2 Å². The zero-order chi connectivity index (χ0) is 26.1. The first-order chi connectivity index (χ1) is 15.7. The van der Waals surface area contributed by atoms with E-state index in [1.807, 2.05) is 12.1 Å². The Morgan fingerprint density at radius 3 is 1.35 bits per heavy atom. The van der Waals surface area contributed by atoms with E-state index in [-0.39, 0.29) is 13.1 Å². The number of hydrogen-bond acceptors (Lipinski definition) is 8. The molecule has 34 heavy (non-hydrogen) atoms. The van der Waals surface area contributed by atoms with E-state index < -0.39 is 47.4 Å². The van der Waals surface area contributed by atoms with Gasteiger partial charge in [-0.3, -0.25) is 0 Å². The van der Waals surface area contributed by atoms with Crippen LogP contribution in [0.5, 0.6) is 0 Å². The molecule has 2 heterocycles. The van der Waals surface area contributed by atoms with Crippen LogP contribution < -0.4 is 0 Å². The molecule has 0 spiro atoms. The van der Waals surface area contributed by atoms with Crippen LogP contribution >= 0.6 is 0 Å². The Morgan fingerprint density at radius 2 is 1.09 bits per heavy atom. The second-order valence-electron chi connectivity index (χ2n) is 10.7. The molecule has 2 aliphatic heterocycles. The third-order valence-electron chi connectivity index (χ3n) is 5.25. The number of carbonyl (C=O) groups is 2. The molecule has 0 aromatic heterocycles. The Morgan fingerprint density at radius 1 is 0.765 bits per heavy atom. The lowest BCUT2D eigenvalue weighted by molar-refractivity contribution is 0.0216. The van der Waals surface area contributed by atoms with Gasteiger partial charge in [0.05, 0.1) is 36.2 Å². The second kappa shape index (κ2) is 12.8. The number of aliphatic hydroxyl groups is 2. The standard InChI is InChI=1S/2C12H20N2O3/c2*1-12(2,3)17-11(16)14-6-4-5-10(15)9(7-13)8-14/h2*9-10,15H,4-6,8H2,1-3H3/t2*9-,10+/m10/s1. The quantitative estimate of drug-likeness (QED) is 0.538. The number of nitriles is 2. The highest BCUT2D eigenvalue weighted by Crippen LogP contribution is 2.20. The summed E-state index contributed by atoms with van der Waals surface area (Å²) in [5, 5.41) is 37.2. The van der Waals surface area contributed by atoms with Crippen molar-refractivity contribution in [2.75, 3.05) is 26.2 Å². The molecule has 0 unspecified atom stereocenters. The maximum atomic E-state index is 11.8. The highest BCUT2D eigenvalue weighted by atomic mass is 16.6. The first-order valence-corrected chi connectivity index (χ1v) is 11.8. The average Bonchev–Trinajstić information content (AvgIpc) is 3.01. The molecule has 2 aliphatic rings. The number of likely N-dealkylation sites (tertiary alicyclic amines) is 2. The van der Waals surface area contributed by atoms with E-state index >= 15 is 0 Å². The zero-order valence-electron chi connectivity index (χ0n) is 21.3.